The van der Waals surface area contributed by atoms with Crippen LogP contribution in [0.15, 0.2) is 17.4 Å². The molecular weight excluding hydrogens is 347 g/mol. The molecule has 1 saturated heterocycles. The van der Waals surface area contributed by atoms with Gasteiger partial charge in [0.05, 0.1) is 21.9 Å². The van der Waals surface area contributed by atoms with Crippen LogP contribution in [0.4, 0.5) is 0 Å². The van der Waals surface area contributed by atoms with E-state index in [4.69, 9.17) is 27.9 Å². The van der Waals surface area contributed by atoms with Gasteiger partial charge < -0.3 is 10.1 Å². The van der Waals surface area contributed by atoms with E-state index in [1.54, 1.807) is 16.7 Å². The van der Waals surface area contributed by atoms with Crippen LogP contribution < -0.4 is 5.32 Å². The number of nitrogens with zero attached hydrogens (tertiary/aromatic N) is 3. The number of amides is 1. The van der Waals surface area contributed by atoms with Gasteiger partial charge in [-0.1, -0.05) is 35.0 Å². The van der Waals surface area contributed by atoms with Crippen LogP contribution in [0.25, 0.3) is 5.65 Å². The lowest BCUT2D eigenvalue weighted by molar-refractivity contribution is -0.119. The highest BCUT2D eigenvalue weighted by Crippen LogP contribution is 2.25. The molecule has 0 spiro atoms. The van der Waals surface area contributed by atoms with Crippen LogP contribution in [0.2, 0.25) is 10.0 Å². The number of halogens is 2. The van der Waals surface area contributed by atoms with Gasteiger partial charge in [0.1, 0.15) is 0 Å². The average molecular weight is 361 g/mol. The van der Waals surface area contributed by atoms with Crippen molar-refractivity contribution < 1.29 is 9.53 Å². The zero-order valence-corrected chi connectivity index (χ0v) is 13.9. The first-order chi connectivity index (χ1) is 10.6. The van der Waals surface area contributed by atoms with Crippen LogP contribution in [0.3, 0.4) is 0 Å². The molecule has 1 fully saturated rings. The summed E-state index contributed by atoms with van der Waals surface area (Å²) in [5, 5.41) is 12.4. The van der Waals surface area contributed by atoms with Crippen molar-refractivity contribution in [3.63, 3.8) is 0 Å². The molecule has 9 heteroatoms. The first-order valence-electron chi connectivity index (χ1n) is 6.84. The highest BCUT2D eigenvalue weighted by Gasteiger charge is 2.17. The van der Waals surface area contributed by atoms with Gasteiger partial charge in [0.25, 0.3) is 0 Å². The summed E-state index contributed by atoms with van der Waals surface area (Å²) in [6, 6.07) is 1.61. The van der Waals surface area contributed by atoms with Gasteiger partial charge in [0.15, 0.2) is 10.8 Å². The van der Waals surface area contributed by atoms with Gasteiger partial charge >= 0.3 is 0 Å². The second kappa shape index (κ2) is 7.04. The summed E-state index contributed by atoms with van der Waals surface area (Å²) >= 11 is 13.3. The summed E-state index contributed by atoms with van der Waals surface area (Å²) in [5.41, 5.74) is 0.522. The van der Waals surface area contributed by atoms with Crippen molar-refractivity contribution in [3.8, 4) is 0 Å². The molecule has 0 aliphatic carbocycles. The first kappa shape index (κ1) is 15.9. The highest BCUT2D eigenvalue weighted by molar-refractivity contribution is 7.99. The van der Waals surface area contributed by atoms with E-state index in [9.17, 15) is 4.79 Å². The Hall–Kier alpha value is -1.02. The minimum atomic E-state index is -0.0645. The lowest BCUT2D eigenvalue weighted by Crippen LogP contribution is -2.32. The number of fused-ring (bicyclic) bond motifs is 1. The molecule has 2 aromatic rings. The summed E-state index contributed by atoms with van der Waals surface area (Å²) in [7, 11) is 0. The Morgan fingerprint density at radius 3 is 3.14 bits per heavy atom. The molecule has 1 aliphatic rings. The Morgan fingerprint density at radius 1 is 1.50 bits per heavy atom. The summed E-state index contributed by atoms with van der Waals surface area (Å²) in [6.45, 7) is 1.33. The summed E-state index contributed by atoms with van der Waals surface area (Å²) in [4.78, 5) is 11.9. The second-order valence-corrected chi connectivity index (χ2v) is 6.70. The molecule has 0 radical (unpaired) electrons. The van der Waals surface area contributed by atoms with Gasteiger partial charge in [-0.25, -0.2) is 0 Å². The van der Waals surface area contributed by atoms with Crippen LogP contribution in [0, 0.1) is 0 Å². The Kier molecular flexibility index (Phi) is 5.07. The third-order valence-electron chi connectivity index (χ3n) is 3.28. The maximum atomic E-state index is 11.9. The normalized spacial score (nSPS) is 18.0. The Morgan fingerprint density at radius 2 is 2.36 bits per heavy atom. The topological polar surface area (TPSA) is 68.5 Å². The molecule has 0 saturated carbocycles. The van der Waals surface area contributed by atoms with Gasteiger partial charge in [-0.15, -0.1) is 10.2 Å². The maximum absolute atomic E-state index is 11.9. The van der Waals surface area contributed by atoms with E-state index >= 15 is 0 Å². The summed E-state index contributed by atoms with van der Waals surface area (Å²) < 4.78 is 7.14. The molecule has 0 unspecified atom stereocenters. The molecule has 1 amide bonds. The molecule has 0 aromatic carbocycles. The van der Waals surface area contributed by atoms with E-state index in [-0.39, 0.29) is 17.8 Å². The van der Waals surface area contributed by atoms with Crippen molar-refractivity contribution in [2.75, 3.05) is 18.9 Å². The SMILES string of the molecule is O=C(CSc1nnc2c(Cl)cc(Cl)cn12)NC[C@@H]1CCCO1. The van der Waals surface area contributed by atoms with Gasteiger partial charge in [-0.3, -0.25) is 9.20 Å². The van der Waals surface area contributed by atoms with E-state index in [1.165, 1.54) is 11.8 Å². The molecule has 0 bridgehead atoms. The van der Waals surface area contributed by atoms with Crippen molar-refractivity contribution >= 4 is 46.5 Å². The lowest BCUT2D eigenvalue weighted by Gasteiger charge is -2.10. The maximum Gasteiger partial charge on any atom is 0.230 e. The molecule has 3 rings (SSSR count). The van der Waals surface area contributed by atoms with Crippen molar-refractivity contribution in [2.45, 2.75) is 24.1 Å². The molecule has 1 N–H and O–H groups in total. The Labute approximate surface area is 141 Å². The molecular formula is C13H14Cl2N4O2S. The largest absolute Gasteiger partial charge is 0.376 e. The van der Waals surface area contributed by atoms with Crippen molar-refractivity contribution in [1.82, 2.24) is 19.9 Å². The van der Waals surface area contributed by atoms with Gasteiger partial charge in [-0.2, -0.15) is 0 Å². The minimum Gasteiger partial charge on any atom is -0.376 e. The number of rotatable bonds is 5. The van der Waals surface area contributed by atoms with Crippen LogP contribution >= 0.6 is 35.0 Å². The number of pyridine rings is 1. The minimum absolute atomic E-state index is 0.0645. The number of nitrogens with one attached hydrogen (secondary N) is 1. The third kappa shape index (κ3) is 3.65. The number of aromatic nitrogens is 3. The zero-order chi connectivity index (χ0) is 15.5. The number of thioether (sulfide) groups is 1. The van der Waals surface area contributed by atoms with E-state index in [1.807, 2.05) is 0 Å². The lowest BCUT2D eigenvalue weighted by atomic mass is 10.2. The fourth-order valence-electron chi connectivity index (χ4n) is 2.22. The Balaban J connectivity index is 1.58. The fourth-order valence-corrected chi connectivity index (χ4v) is 3.46. The highest BCUT2D eigenvalue weighted by atomic mass is 35.5. The van der Waals surface area contributed by atoms with Gasteiger partial charge in [-0.05, 0) is 18.9 Å². The average Bonchev–Trinajstić information content (AvgIpc) is 3.12. The van der Waals surface area contributed by atoms with E-state index < -0.39 is 0 Å². The number of hydrogen-bond acceptors (Lipinski definition) is 5. The summed E-state index contributed by atoms with van der Waals surface area (Å²) in [6.07, 6.45) is 3.87. The zero-order valence-electron chi connectivity index (χ0n) is 11.6. The molecule has 1 aliphatic heterocycles. The third-order valence-corrected chi connectivity index (χ3v) is 4.71. The van der Waals surface area contributed by atoms with E-state index in [2.05, 4.69) is 15.5 Å². The van der Waals surface area contributed by atoms with Crippen molar-refractivity contribution in [2.24, 2.45) is 0 Å². The van der Waals surface area contributed by atoms with Crippen molar-refractivity contribution in [1.29, 1.82) is 0 Å². The van der Waals surface area contributed by atoms with Crippen LogP contribution in [-0.2, 0) is 9.53 Å². The van der Waals surface area contributed by atoms with E-state index in [0.717, 1.165) is 19.4 Å². The monoisotopic (exact) mass is 360 g/mol. The number of ether oxygens (including phenoxy) is 1. The number of carbonyl (C=O) groups excluding carboxylic acids is 1. The smallest absolute Gasteiger partial charge is 0.230 e. The molecule has 22 heavy (non-hydrogen) atoms. The molecule has 3 heterocycles. The number of hydrogen-bond donors (Lipinski definition) is 1. The summed E-state index contributed by atoms with van der Waals surface area (Å²) in [5.74, 6) is 0.183. The fraction of sp³-hybridized carbons (Fsp3) is 0.462. The quantitative estimate of drug-likeness (QED) is 0.829. The predicted octanol–water partition coefficient (Wildman–Crippen LogP) is 2.42. The van der Waals surface area contributed by atoms with Crippen molar-refractivity contribution in [3.05, 3.63) is 22.3 Å². The molecule has 6 nitrogen and oxygen atoms in total. The molecule has 1 atom stereocenters. The van der Waals surface area contributed by atoms with Crippen LogP contribution in [-0.4, -0.2) is 45.5 Å². The first-order valence-corrected chi connectivity index (χ1v) is 8.58. The number of carbonyl (C=O) groups is 1. The Bertz CT molecular complexity index is 688. The second-order valence-electron chi connectivity index (χ2n) is 4.91. The van der Waals surface area contributed by atoms with Gasteiger partial charge in [0.2, 0.25) is 5.91 Å². The van der Waals surface area contributed by atoms with Crippen LogP contribution in [0.5, 0.6) is 0 Å². The van der Waals surface area contributed by atoms with Crippen LogP contribution in [0.1, 0.15) is 12.8 Å². The standard InChI is InChI=1S/C13H14Cl2N4O2S/c14-8-4-10(15)12-17-18-13(19(12)6-8)22-7-11(20)16-5-9-2-1-3-21-9/h4,6,9H,1-3,5,7H2,(H,16,20)/t9-/m0/s1. The molecule has 118 valence electrons. The molecule has 2 aromatic heterocycles. The predicted molar refractivity (Wildman–Crippen MR) is 85.7 cm³/mol. The van der Waals surface area contributed by atoms with E-state index in [0.29, 0.717) is 27.4 Å². The van der Waals surface area contributed by atoms with Gasteiger partial charge in [0, 0.05) is 19.3 Å².